The van der Waals surface area contributed by atoms with Gasteiger partial charge in [0.05, 0.1) is 6.61 Å². The molecule has 0 saturated heterocycles. The first kappa shape index (κ1) is 19.4. The van der Waals surface area contributed by atoms with Gasteiger partial charge in [0.1, 0.15) is 11.1 Å². The summed E-state index contributed by atoms with van der Waals surface area (Å²) in [7, 11) is 0. The average Bonchev–Trinajstić information content (AvgIpc) is 2.67. The molecule has 1 aromatic heterocycles. The van der Waals surface area contributed by atoms with E-state index in [1.807, 2.05) is 0 Å². The molecule has 0 aliphatic carbocycles. The molecule has 0 bridgehead atoms. The topological polar surface area (TPSA) is 73.6 Å². The highest BCUT2D eigenvalue weighted by Gasteiger charge is 2.48. The number of hydrogen-bond acceptors (Lipinski definition) is 5. The Morgan fingerprint density at radius 2 is 1.79 bits per heavy atom. The molecule has 0 aliphatic heterocycles. The van der Waals surface area contributed by atoms with Gasteiger partial charge < -0.3 is 9.15 Å². The molecule has 0 amide bonds. The standard InChI is InChI=1S/C21H16F2O5/c1-3-27-20(26)21(22,23)18-17(13-7-5-4-6-8-13)15-11-14(12(2)24)9-10-16(15)28-19(18)25/h4-11H,3H2,1-2H3. The molecule has 0 unspecified atom stereocenters. The molecule has 0 spiro atoms. The van der Waals surface area contributed by atoms with E-state index in [4.69, 9.17) is 4.42 Å². The molecule has 28 heavy (non-hydrogen) atoms. The van der Waals surface area contributed by atoms with Crippen LogP contribution in [0.3, 0.4) is 0 Å². The lowest BCUT2D eigenvalue weighted by molar-refractivity contribution is -0.173. The van der Waals surface area contributed by atoms with Crippen LogP contribution in [-0.2, 0) is 15.5 Å². The Labute approximate surface area is 158 Å². The van der Waals surface area contributed by atoms with Crippen LogP contribution in [0.25, 0.3) is 22.1 Å². The fraction of sp³-hybridized carbons (Fsp3) is 0.190. The summed E-state index contributed by atoms with van der Waals surface area (Å²) >= 11 is 0. The van der Waals surface area contributed by atoms with Crippen LogP contribution in [0, 0.1) is 0 Å². The Morgan fingerprint density at radius 3 is 2.39 bits per heavy atom. The molecule has 2 aromatic carbocycles. The van der Waals surface area contributed by atoms with Gasteiger partial charge in [-0.05, 0) is 37.6 Å². The number of esters is 1. The number of fused-ring (bicyclic) bond motifs is 1. The van der Waals surface area contributed by atoms with Gasteiger partial charge in [-0.1, -0.05) is 30.3 Å². The first-order chi connectivity index (χ1) is 13.3. The van der Waals surface area contributed by atoms with Gasteiger partial charge in [-0.15, -0.1) is 0 Å². The van der Waals surface area contributed by atoms with Crippen molar-refractivity contribution in [3.05, 3.63) is 70.1 Å². The second kappa shape index (κ2) is 7.34. The van der Waals surface area contributed by atoms with Crippen LogP contribution in [0.2, 0.25) is 0 Å². The van der Waals surface area contributed by atoms with E-state index in [-0.39, 0.29) is 40.0 Å². The summed E-state index contributed by atoms with van der Waals surface area (Å²) in [6.07, 6.45) is 0. The molecular formula is C21H16F2O5. The molecule has 0 aliphatic rings. The summed E-state index contributed by atoms with van der Waals surface area (Å²) in [5, 5.41) is 0.123. The monoisotopic (exact) mass is 386 g/mol. The zero-order chi connectivity index (χ0) is 20.5. The Bertz CT molecular complexity index is 1120. The zero-order valence-corrected chi connectivity index (χ0v) is 15.1. The molecule has 0 saturated carbocycles. The van der Waals surface area contributed by atoms with E-state index < -0.39 is 23.1 Å². The first-order valence-corrected chi connectivity index (χ1v) is 8.50. The number of halogens is 2. The fourth-order valence-corrected chi connectivity index (χ4v) is 2.93. The van der Waals surface area contributed by atoms with Gasteiger partial charge in [0.25, 0.3) is 0 Å². The number of carbonyl (C=O) groups is 2. The third-order valence-electron chi connectivity index (χ3n) is 4.22. The number of alkyl halides is 2. The van der Waals surface area contributed by atoms with Crippen molar-refractivity contribution in [2.75, 3.05) is 6.61 Å². The van der Waals surface area contributed by atoms with Crippen LogP contribution < -0.4 is 5.63 Å². The average molecular weight is 386 g/mol. The van der Waals surface area contributed by atoms with E-state index in [0.717, 1.165) is 0 Å². The lowest BCUT2D eigenvalue weighted by atomic mass is 9.92. The molecule has 0 fully saturated rings. The minimum absolute atomic E-state index is 0.0252. The summed E-state index contributed by atoms with van der Waals surface area (Å²) in [5.41, 5.74) is -2.08. The molecule has 0 radical (unpaired) electrons. The molecule has 7 heteroatoms. The van der Waals surface area contributed by atoms with Crippen LogP contribution in [0.1, 0.15) is 29.8 Å². The van der Waals surface area contributed by atoms with Crippen molar-refractivity contribution < 1.29 is 27.5 Å². The lowest BCUT2D eigenvalue weighted by Crippen LogP contribution is -2.34. The summed E-state index contributed by atoms with van der Waals surface area (Å²) in [4.78, 5) is 36.1. The summed E-state index contributed by atoms with van der Waals surface area (Å²) in [5.74, 6) is -6.37. The maximum atomic E-state index is 14.9. The van der Waals surface area contributed by atoms with Gasteiger partial charge in [0, 0.05) is 16.5 Å². The summed E-state index contributed by atoms with van der Waals surface area (Å²) in [6.45, 7) is 2.44. The van der Waals surface area contributed by atoms with E-state index in [2.05, 4.69) is 4.74 Å². The zero-order valence-electron chi connectivity index (χ0n) is 15.1. The second-order valence-electron chi connectivity index (χ2n) is 6.07. The Morgan fingerprint density at radius 1 is 1.11 bits per heavy atom. The first-order valence-electron chi connectivity index (χ1n) is 8.50. The predicted octanol–water partition coefficient (Wildman–Crippen LogP) is 4.32. The molecule has 1 heterocycles. The quantitative estimate of drug-likeness (QED) is 0.371. The summed E-state index contributed by atoms with van der Waals surface area (Å²) < 4.78 is 39.4. The van der Waals surface area contributed by atoms with E-state index in [0.29, 0.717) is 0 Å². The second-order valence-corrected chi connectivity index (χ2v) is 6.07. The van der Waals surface area contributed by atoms with Gasteiger partial charge in [0.15, 0.2) is 5.78 Å². The van der Waals surface area contributed by atoms with Crippen molar-refractivity contribution in [3.8, 4) is 11.1 Å². The predicted molar refractivity (Wildman–Crippen MR) is 98.5 cm³/mol. The van der Waals surface area contributed by atoms with Gasteiger partial charge in [-0.2, -0.15) is 8.78 Å². The molecule has 0 N–H and O–H groups in total. The third kappa shape index (κ3) is 3.31. The minimum atomic E-state index is -4.23. The van der Waals surface area contributed by atoms with Crippen LogP contribution >= 0.6 is 0 Å². The van der Waals surface area contributed by atoms with E-state index in [1.165, 1.54) is 44.2 Å². The van der Waals surface area contributed by atoms with Gasteiger partial charge in [-0.3, -0.25) is 4.79 Å². The van der Waals surface area contributed by atoms with Crippen molar-refractivity contribution in [2.24, 2.45) is 0 Å². The van der Waals surface area contributed by atoms with E-state index in [9.17, 15) is 23.2 Å². The van der Waals surface area contributed by atoms with Gasteiger partial charge >= 0.3 is 17.5 Å². The number of ketones is 1. The van der Waals surface area contributed by atoms with Crippen molar-refractivity contribution in [1.29, 1.82) is 0 Å². The smallest absolute Gasteiger partial charge is 0.382 e. The maximum absolute atomic E-state index is 14.9. The number of Topliss-reactive ketones (excluding diaryl/α,β-unsaturated/α-hetero) is 1. The van der Waals surface area contributed by atoms with Crippen LogP contribution in [0.15, 0.2) is 57.7 Å². The summed E-state index contributed by atoms with van der Waals surface area (Å²) in [6, 6.07) is 12.1. The number of carbonyl (C=O) groups excluding carboxylic acids is 2. The molecule has 5 nitrogen and oxygen atoms in total. The van der Waals surface area contributed by atoms with Crippen molar-refractivity contribution in [1.82, 2.24) is 0 Å². The molecule has 144 valence electrons. The van der Waals surface area contributed by atoms with E-state index >= 15 is 0 Å². The fourth-order valence-electron chi connectivity index (χ4n) is 2.93. The molecular weight excluding hydrogens is 370 g/mol. The molecule has 3 aromatic rings. The highest BCUT2D eigenvalue weighted by molar-refractivity contribution is 6.03. The molecule has 3 rings (SSSR count). The van der Waals surface area contributed by atoms with E-state index in [1.54, 1.807) is 18.2 Å². The Hall–Kier alpha value is -3.35. The number of hydrogen-bond donors (Lipinski definition) is 0. The van der Waals surface area contributed by atoms with Crippen LogP contribution in [0.5, 0.6) is 0 Å². The number of rotatable bonds is 5. The van der Waals surface area contributed by atoms with Crippen molar-refractivity contribution in [2.45, 2.75) is 19.8 Å². The Balaban J connectivity index is 2.46. The van der Waals surface area contributed by atoms with Gasteiger partial charge in [0.2, 0.25) is 0 Å². The number of benzene rings is 2. The minimum Gasteiger partial charge on any atom is -0.461 e. The largest absolute Gasteiger partial charge is 0.461 e. The van der Waals surface area contributed by atoms with Crippen molar-refractivity contribution in [3.63, 3.8) is 0 Å². The van der Waals surface area contributed by atoms with Crippen LogP contribution in [-0.4, -0.2) is 18.4 Å². The Kier molecular flexibility index (Phi) is 5.09. The SMILES string of the molecule is CCOC(=O)C(F)(F)c1c(-c2ccccc2)c2cc(C(C)=O)ccc2oc1=O. The van der Waals surface area contributed by atoms with Crippen molar-refractivity contribution >= 4 is 22.7 Å². The third-order valence-corrected chi connectivity index (χ3v) is 4.22. The normalized spacial score (nSPS) is 11.4. The number of ether oxygens (including phenoxy) is 1. The molecule has 0 atom stereocenters. The van der Waals surface area contributed by atoms with Gasteiger partial charge in [-0.25, -0.2) is 9.59 Å². The van der Waals surface area contributed by atoms with Crippen LogP contribution in [0.4, 0.5) is 8.78 Å². The lowest BCUT2D eigenvalue weighted by Gasteiger charge is -2.19. The maximum Gasteiger partial charge on any atom is 0.382 e. The highest BCUT2D eigenvalue weighted by atomic mass is 19.3. The highest BCUT2D eigenvalue weighted by Crippen LogP contribution is 2.39.